The van der Waals surface area contributed by atoms with Gasteiger partial charge >= 0.3 is 11.9 Å². The number of carbonyl (C=O) groups excluding carboxylic acids is 12. The van der Waals surface area contributed by atoms with Crippen LogP contribution in [0.25, 0.3) is 0 Å². The predicted molar refractivity (Wildman–Crippen MR) is 335 cm³/mol. The molecule has 1 aromatic carbocycles. The molecule has 0 aliphatic heterocycles. The number of ether oxygens (including phenoxy) is 1. The maximum Gasteiger partial charge on any atom is 0.305 e. The number of carboxylic acids is 2. The van der Waals surface area contributed by atoms with Crippen LogP contribution in [0.4, 0.5) is 0 Å². The van der Waals surface area contributed by atoms with Gasteiger partial charge in [0.25, 0.3) is 0 Å². The molecule has 0 aliphatic carbocycles. The minimum atomic E-state index is -1.91. The second kappa shape index (κ2) is 42.8. The zero-order valence-electron chi connectivity index (χ0n) is 52.9. The maximum absolute atomic E-state index is 14.2. The summed E-state index contributed by atoms with van der Waals surface area (Å²) >= 11 is 4.14. The second-order valence-electron chi connectivity index (χ2n) is 22.9. The van der Waals surface area contributed by atoms with Crippen molar-refractivity contribution in [3.63, 3.8) is 0 Å². The summed E-state index contributed by atoms with van der Waals surface area (Å²) in [6, 6.07) is -8.04. The van der Waals surface area contributed by atoms with Crippen LogP contribution in [0.3, 0.4) is 0 Å². The molecule has 12 amide bonds. The third-order valence-electron chi connectivity index (χ3n) is 14.2. The third kappa shape index (κ3) is 31.9. The Labute approximate surface area is 535 Å². The lowest BCUT2D eigenvalue weighted by Gasteiger charge is -2.28. The lowest BCUT2D eigenvalue weighted by molar-refractivity contribution is -0.141. The van der Waals surface area contributed by atoms with Crippen molar-refractivity contribution in [3.8, 4) is 5.75 Å². The van der Waals surface area contributed by atoms with Gasteiger partial charge in [-0.15, -0.1) is 0 Å². The van der Waals surface area contributed by atoms with E-state index >= 15 is 0 Å². The Morgan fingerprint density at radius 1 is 0.505 bits per heavy atom. The molecule has 22 N–H and O–H groups in total. The Hall–Kier alpha value is -8.17. The summed E-state index contributed by atoms with van der Waals surface area (Å²) < 4.78 is 5.16. The highest BCUT2D eigenvalue weighted by atomic mass is 32.1. The molecule has 0 unspecified atom stereocenters. The van der Waals surface area contributed by atoms with Gasteiger partial charge in [0, 0.05) is 18.6 Å². The van der Waals surface area contributed by atoms with Gasteiger partial charge in [0.15, 0.2) is 0 Å². The number of unbranched alkanes of at least 4 members (excludes halogenated alkanes) is 2. The van der Waals surface area contributed by atoms with E-state index in [1.165, 1.54) is 7.11 Å². The highest BCUT2D eigenvalue weighted by molar-refractivity contribution is 7.80. The molecular weight excluding hydrogens is 1210 g/mol. The van der Waals surface area contributed by atoms with Gasteiger partial charge in [-0.25, -0.2) is 0 Å². The van der Waals surface area contributed by atoms with Crippen molar-refractivity contribution >= 4 is 95.5 Å². The van der Waals surface area contributed by atoms with Crippen LogP contribution in [-0.2, 0) is 73.5 Å². The molecule has 11 atom stereocenters. The van der Waals surface area contributed by atoms with Crippen molar-refractivity contribution in [2.24, 2.45) is 46.4 Å². The molecule has 32 nitrogen and oxygen atoms in total. The fourth-order valence-corrected chi connectivity index (χ4v) is 9.15. The van der Waals surface area contributed by atoms with Crippen LogP contribution in [0.2, 0.25) is 0 Å². The van der Waals surface area contributed by atoms with Gasteiger partial charge in [0.1, 0.15) is 60.1 Å². The minimum absolute atomic E-state index is 0.0199. The summed E-state index contributed by atoms with van der Waals surface area (Å²) in [5.41, 5.74) is 29.2. The first-order valence-corrected chi connectivity index (χ1v) is 30.8. The first-order chi connectivity index (χ1) is 42.8. The number of nitrogens with two attached hydrogens (primary N) is 5. The molecule has 512 valence electrons. The quantitative estimate of drug-likeness (QED) is 0.0219. The molecule has 91 heavy (non-hydrogen) atoms. The fourth-order valence-electron chi connectivity index (χ4n) is 8.90. The molecule has 0 heterocycles. The number of methoxy groups -OCH3 is 1. The third-order valence-corrected chi connectivity index (χ3v) is 14.6. The van der Waals surface area contributed by atoms with Crippen molar-refractivity contribution in [2.45, 2.75) is 192 Å². The van der Waals surface area contributed by atoms with E-state index in [0.29, 0.717) is 37.0 Å². The Morgan fingerprint density at radius 3 is 1.33 bits per heavy atom. The van der Waals surface area contributed by atoms with Crippen LogP contribution in [0, 0.1) is 17.8 Å². The molecule has 0 aromatic heterocycles. The lowest BCUT2D eigenvalue weighted by Crippen LogP contribution is -2.61. The summed E-state index contributed by atoms with van der Waals surface area (Å²) in [4.78, 5) is 186. The number of hydrogen-bond donors (Lipinski definition) is 18. The molecule has 0 spiro atoms. The number of carbonyl (C=O) groups is 14. The van der Waals surface area contributed by atoms with Crippen LogP contribution < -0.4 is 86.6 Å². The number of hydrogen-bond acceptors (Lipinski definition) is 19. The first-order valence-electron chi connectivity index (χ1n) is 30.2. The van der Waals surface area contributed by atoms with E-state index in [0.717, 1.165) is 0 Å². The van der Waals surface area contributed by atoms with E-state index in [1.54, 1.807) is 58.9 Å². The molecule has 0 aliphatic rings. The van der Waals surface area contributed by atoms with Crippen LogP contribution in [0.5, 0.6) is 5.75 Å². The van der Waals surface area contributed by atoms with Crippen molar-refractivity contribution in [2.75, 3.05) is 32.5 Å². The van der Waals surface area contributed by atoms with E-state index in [9.17, 15) is 77.3 Å². The minimum Gasteiger partial charge on any atom is -0.497 e. The highest BCUT2D eigenvalue weighted by Gasteiger charge is 2.37. The Balaban J connectivity index is 3.40. The average molecular weight is 1310 g/mol. The zero-order valence-corrected chi connectivity index (χ0v) is 53.8. The second-order valence-corrected chi connectivity index (χ2v) is 23.3. The summed E-state index contributed by atoms with van der Waals surface area (Å²) in [5.74, 6) is -15.4. The Morgan fingerprint density at radius 2 is 0.912 bits per heavy atom. The summed E-state index contributed by atoms with van der Waals surface area (Å²) in [5, 5.41) is 43.7. The smallest absolute Gasteiger partial charge is 0.305 e. The average Bonchev–Trinajstić information content (AvgIpc) is 2.56. The van der Waals surface area contributed by atoms with Gasteiger partial charge in [-0.05, 0) is 106 Å². The number of carboxylic acid groups (broad SMARTS) is 2. The number of thiol groups is 1. The fraction of sp³-hybridized carbons (Fsp3) is 0.655. The zero-order chi connectivity index (χ0) is 69.1. The topological polar surface area (TPSA) is 539 Å². The van der Waals surface area contributed by atoms with Gasteiger partial charge < -0.3 is 96.8 Å². The van der Waals surface area contributed by atoms with E-state index in [2.05, 4.69) is 65.8 Å². The molecule has 0 saturated heterocycles. The summed E-state index contributed by atoms with van der Waals surface area (Å²) in [7, 11) is 1.48. The highest BCUT2D eigenvalue weighted by Crippen LogP contribution is 2.15. The first kappa shape index (κ1) is 80.8. The molecule has 0 bridgehead atoms. The van der Waals surface area contributed by atoms with E-state index < -0.39 is 181 Å². The molecule has 0 saturated carbocycles. The standard InChI is InChI=1S/C58H97N15O17S/c1-8-32(6)48(62)58(89)68-36(14-10-12-22-60)51(82)67-37(19-20-46(76)77)53(84)71-41(26-44(61)74)56(87)70-40(24-31(4)5)55(86)66-35(13-9-11-21-59)52(83)72-42(27-47(78)79)57(88)73-43(29-91)50(81)64-28-45(75)65-39(23-30(2)3)54(85)69-38(49(63)80)25-33-15-17-34(90-7)18-16-33/h15-18,30-32,35-43,48,91H,8-14,19-29,59-60,62H2,1-7H3,(H2,61,74)(H2,63,80)(H,64,81)(H,65,75)(H,66,86)(H,67,82)(H,68,89)(H,69,85)(H,70,87)(H,71,84)(H,72,83)(H,73,88)(H,76,77)(H,78,79)/t32-,35-,36-,37-,38-,39-,40-,41-,42-,43-,48-/m0/s1. The SMILES string of the molecule is CC[C@H](C)[C@H](N)C(=O)N[C@@H](CCCCN)C(=O)N[C@@H](CCC(=O)O)C(=O)N[C@@H](CC(N)=O)C(=O)N[C@@H](CC(C)C)C(=O)N[C@@H](CCCCN)C(=O)N[C@@H](CC(=O)O)C(=O)N[C@@H](CS)C(=O)NCC(=O)N[C@@H](CC(C)C)C(=O)N[C@@H](Cc1ccc(OC)cc1)C(N)=O. The molecule has 33 heteroatoms. The summed E-state index contributed by atoms with van der Waals surface area (Å²) in [6.45, 7) is 10.1. The number of amides is 12. The Bertz CT molecular complexity index is 2620. The van der Waals surface area contributed by atoms with Crippen molar-refractivity contribution in [3.05, 3.63) is 29.8 Å². The normalized spacial score (nSPS) is 14.7. The number of nitrogens with one attached hydrogen (secondary N) is 10. The van der Waals surface area contributed by atoms with Crippen molar-refractivity contribution in [1.82, 2.24) is 53.2 Å². The molecule has 0 fully saturated rings. The molecule has 1 aromatic rings. The molecule has 1 rings (SSSR count). The van der Waals surface area contributed by atoms with Crippen LogP contribution in [0.1, 0.15) is 131 Å². The van der Waals surface area contributed by atoms with Crippen molar-refractivity contribution in [1.29, 1.82) is 0 Å². The van der Waals surface area contributed by atoms with Gasteiger partial charge in [-0.2, -0.15) is 12.6 Å². The van der Waals surface area contributed by atoms with Gasteiger partial charge in [0.2, 0.25) is 70.9 Å². The molecular formula is C58H97N15O17S. The van der Waals surface area contributed by atoms with Crippen LogP contribution in [0.15, 0.2) is 24.3 Å². The van der Waals surface area contributed by atoms with Crippen molar-refractivity contribution < 1.29 is 82.1 Å². The lowest BCUT2D eigenvalue weighted by atomic mass is 9.98. The number of benzene rings is 1. The van der Waals surface area contributed by atoms with Gasteiger partial charge in [-0.3, -0.25) is 67.1 Å². The maximum atomic E-state index is 14.2. The number of rotatable bonds is 46. The van der Waals surface area contributed by atoms with Gasteiger partial charge in [-0.1, -0.05) is 60.1 Å². The van der Waals surface area contributed by atoms with E-state index in [1.807, 2.05) is 6.92 Å². The van der Waals surface area contributed by atoms with E-state index in [-0.39, 0.29) is 69.4 Å². The van der Waals surface area contributed by atoms with Crippen LogP contribution in [-0.4, -0.2) is 186 Å². The summed E-state index contributed by atoms with van der Waals surface area (Å²) in [6.07, 6.45) is -1.47. The van der Waals surface area contributed by atoms with Crippen LogP contribution >= 0.6 is 12.6 Å². The Kier molecular flexibility index (Phi) is 38.0. The molecule has 0 radical (unpaired) electrons. The van der Waals surface area contributed by atoms with Gasteiger partial charge in [0.05, 0.1) is 32.5 Å². The number of aliphatic carboxylic acids is 2. The predicted octanol–water partition coefficient (Wildman–Crippen LogP) is -3.93. The monoisotopic (exact) mass is 1310 g/mol. The number of primary amides is 2. The largest absolute Gasteiger partial charge is 0.497 e. The van der Waals surface area contributed by atoms with E-state index in [4.69, 9.17) is 33.4 Å².